The molecule has 2 heterocycles. The summed E-state index contributed by atoms with van der Waals surface area (Å²) in [7, 11) is 0. The van der Waals surface area contributed by atoms with E-state index in [1.807, 2.05) is 0 Å². The first-order valence-corrected chi connectivity index (χ1v) is 11.2. The Bertz CT molecular complexity index is 1140. The number of furan rings is 2. The molecule has 4 rings (SSSR count). The minimum Gasteiger partial charge on any atom is -0.467 e. The molecule has 2 aromatic heterocycles. The molecule has 3 amide bonds. The largest absolute Gasteiger partial charge is 0.467 e. The molecule has 0 radical (unpaired) electrons. The highest BCUT2D eigenvalue weighted by molar-refractivity contribution is 6.31. The van der Waals surface area contributed by atoms with Crippen molar-refractivity contribution < 1.29 is 27.6 Å². The van der Waals surface area contributed by atoms with Crippen molar-refractivity contribution in [2.45, 2.75) is 37.8 Å². The number of benzene rings is 1. The van der Waals surface area contributed by atoms with Gasteiger partial charge in [0, 0.05) is 11.7 Å². The van der Waals surface area contributed by atoms with E-state index in [0.717, 1.165) is 36.6 Å². The number of rotatable bonds is 8. The van der Waals surface area contributed by atoms with E-state index < -0.39 is 36.1 Å². The molecule has 1 fully saturated rings. The standard InChI is InChI=1S/C24H23ClFN3O5/c25-17-13-16(9-10-18(17)26)29(21(30)14-27-23(31)20-8-4-12-34-20)22(19-7-3-11-33-19)24(32)28-15-5-1-2-6-15/h3-4,7-13,15,22H,1-2,5-6,14H2,(H,27,31)(H,28,32)/t22-/m1/s1. The molecule has 1 atom stereocenters. The first-order chi connectivity index (χ1) is 16.4. The summed E-state index contributed by atoms with van der Waals surface area (Å²) in [5.74, 6) is -2.11. The number of amides is 3. The molecule has 0 unspecified atom stereocenters. The van der Waals surface area contributed by atoms with E-state index in [1.54, 1.807) is 18.2 Å². The van der Waals surface area contributed by atoms with Gasteiger partial charge in [0.1, 0.15) is 11.6 Å². The van der Waals surface area contributed by atoms with Gasteiger partial charge in [0.05, 0.1) is 24.1 Å². The Balaban J connectivity index is 1.66. The Morgan fingerprint density at radius 1 is 1.09 bits per heavy atom. The number of hydrogen-bond donors (Lipinski definition) is 2. The fourth-order valence-corrected chi connectivity index (χ4v) is 4.15. The molecule has 1 aliphatic rings. The van der Waals surface area contributed by atoms with Crippen molar-refractivity contribution in [2.24, 2.45) is 0 Å². The molecule has 1 saturated carbocycles. The number of nitrogens with one attached hydrogen (secondary N) is 2. The van der Waals surface area contributed by atoms with Crippen LogP contribution in [0.15, 0.2) is 63.8 Å². The molecule has 178 valence electrons. The van der Waals surface area contributed by atoms with Crippen LogP contribution in [0.25, 0.3) is 0 Å². The van der Waals surface area contributed by atoms with E-state index >= 15 is 0 Å². The average Bonchev–Trinajstić information content (AvgIpc) is 3.61. The van der Waals surface area contributed by atoms with Gasteiger partial charge in [0.15, 0.2) is 11.8 Å². The summed E-state index contributed by atoms with van der Waals surface area (Å²) < 4.78 is 24.4. The van der Waals surface area contributed by atoms with Crippen LogP contribution in [0.5, 0.6) is 0 Å². The summed E-state index contributed by atoms with van der Waals surface area (Å²) >= 11 is 5.99. The molecule has 2 N–H and O–H groups in total. The van der Waals surface area contributed by atoms with Crippen molar-refractivity contribution in [3.05, 3.63) is 77.4 Å². The summed E-state index contributed by atoms with van der Waals surface area (Å²) in [4.78, 5) is 40.3. The van der Waals surface area contributed by atoms with Gasteiger partial charge in [-0.15, -0.1) is 0 Å². The van der Waals surface area contributed by atoms with Crippen LogP contribution in [0, 0.1) is 5.82 Å². The van der Waals surface area contributed by atoms with E-state index in [9.17, 15) is 18.8 Å². The van der Waals surface area contributed by atoms with E-state index in [0.29, 0.717) is 0 Å². The number of halogens is 2. The van der Waals surface area contributed by atoms with Crippen molar-refractivity contribution in [2.75, 3.05) is 11.4 Å². The first-order valence-electron chi connectivity index (χ1n) is 10.9. The molecule has 10 heteroatoms. The third-order valence-electron chi connectivity index (χ3n) is 5.62. The van der Waals surface area contributed by atoms with Crippen LogP contribution in [0.3, 0.4) is 0 Å². The lowest BCUT2D eigenvalue weighted by atomic mass is 10.1. The van der Waals surface area contributed by atoms with Gasteiger partial charge in [-0.25, -0.2) is 4.39 Å². The van der Waals surface area contributed by atoms with Crippen molar-refractivity contribution in [1.82, 2.24) is 10.6 Å². The van der Waals surface area contributed by atoms with E-state index in [4.69, 9.17) is 20.4 Å². The topological polar surface area (TPSA) is 105 Å². The predicted octanol–water partition coefficient (Wildman–Crippen LogP) is 4.23. The van der Waals surface area contributed by atoms with Crippen molar-refractivity contribution in [3.8, 4) is 0 Å². The number of carbonyl (C=O) groups excluding carboxylic acids is 3. The fourth-order valence-electron chi connectivity index (χ4n) is 3.98. The van der Waals surface area contributed by atoms with Gasteiger partial charge in [-0.2, -0.15) is 0 Å². The monoisotopic (exact) mass is 487 g/mol. The van der Waals surface area contributed by atoms with Crippen molar-refractivity contribution in [3.63, 3.8) is 0 Å². The fraction of sp³-hybridized carbons (Fsp3) is 0.292. The predicted molar refractivity (Wildman–Crippen MR) is 122 cm³/mol. The highest BCUT2D eigenvalue weighted by atomic mass is 35.5. The first kappa shape index (κ1) is 23.6. The number of anilines is 1. The van der Waals surface area contributed by atoms with Crippen LogP contribution in [0.2, 0.25) is 5.02 Å². The second kappa shape index (κ2) is 10.6. The van der Waals surface area contributed by atoms with Gasteiger partial charge in [0.2, 0.25) is 5.91 Å². The molecule has 3 aromatic rings. The maximum atomic E-state index is 13.9. The number of nitrogens with zero attached hydrogens (tertiary/aromatic N) is 1. The van der Waals surface area contributed by atoms with Crippen LogP contribution in [-0.2, 0) is 9.59 Å². The summed E-state index contributed by atoms with van der Waals surface area (Å²) in [5, 5.41) is 5.25. The maximum absolute atomic E-state index is 13.9. The SMILES string of the molecule is O=C(NCC(=O)N(c1ccc(F)c(Cl)c1)[C@@H](C(=O)NC1CCCC1)c1ccco1)c1ccco1. The third-order valence-corrected chi connectivity index (χ3v) is 5.91. The number of hydrogen-bond acceptors (Lipinski definition) is 5. The summed E-state index contributed by atoms with van der Waals surface area (Å²) in [5.41, 5.74) is 0.173. The highest BCUT2D eigenvalue weighted by Crippen LogP contribution is 2.32. The van der Waals surface area contributed by atoms with Crippen LogP contribution < -0.4 is 15.5 Å². The van der Waals surface area contributed by atoms with E-state index in [2.05, 4.69) is 10.6 Å². The molecule has 0 saturated heterocycles. The van der Waals surface area contributed by atoms with Gasteiger partial charge >= 0.3 is 0 Å². The lowest BCUT2D eigenvalue weighted by Crippen LogP contribution is -2.49. The quantitative estimate of drug-likeness (QED) is 0.495. The van der Waals surface area contributed by atoms with Crippen molar-refractivity contribution in [1.29, 1.82) is 0 Å². The molecule has 0 spiro atoms. The van der Waals surface area contributed by atoms with E-state index in [1.165, 1.54) is 30.7 Å². The molecule has 0 aliphatic heterocycles. The zero-order valence-corrected chi connectivity index (χ0v) is 18.9. The lowest BCUT2D eigenvalue weighted by Gasteiger charge is -2.31. The van der Waals surface area contributed by atoms with Gasteiger partial charge in [-0.3, -0.25) is 19.3 Å². The Hall–Kier alpha value is -3.59. The maximum Gasteiger partial charge on any atom is 0.287 e. The summed E-state index contributed by atoms with van der Waals surface area (Å²) in [6, 6.07) is 8.65. The second-order valence-corrected chi connectivity index (χ2v) is 8.34. The normalized spacial score (nSPS) is 14.5. The van der Waals surface area contributed by atoms with Crippen molar-refractivity contribution >= 4 is 35.0 Å². The van der Waals surface area contributed by atoms with Crippen LogP contribution in [-0.4, -0.2) is 30.3 Å². The number of carbonyl (C=O) groups is 3. The van der Waals surface area contributed by atoms with Gasteiger partial charge in [-0.1, -0.05) is 24.4 Å². The zero-order valence-electron chi connectivity index (χ0n) is 18.1. The minimum atomic E-state index is -1.20. The smallest absolute Gasteiger partial charge is 0.287 e. The van der Waals surface area contributed by atoms with E-state index in [-0.39, 0.29) is 28.3 Å². The Morgan fingerprint density at radius 3 is 2.47 bits per heavy atom. The molecule has 8 nitrogen and oxygen atoms in total. The van der Waals surface area contributed by atoms with Crippen LogP contribution in [0.4, 0.5) is 10.1 Å². The summed E-state index contributed by atoms with van der Waals surface area (Å²) in [6.07, 6.45) is 6.42. The molecule has 0 bridgehead atoms. The molecule has 34 heavy (non-hydrogen) atoms. The summed E-state index contributed by atoms with van der Waals surface area (Å²) in [6.45, 7) is -0.456. The Kier molecular flexibility index (Phi) is 7.32. The highest BCUT2D eigenvalue weighted by Gasteiger charge is 2.36. The van der Waals surface area contributed by atoms with Crippen LogP contribution >= 0.6 is 11.6 Å². The van der Waals surface area contributed by atoms with Gasteiger partial charge in [-0.05, 0) is 55.3 Å². The molecular weight excluding hydrogens is 465 g/mol. The molecular formula is C24H23ClFN3O5. The second-order valence-electron chi connectivity index (χ2n) is 7.93. The average molecular weight is 488 g/mol. The van der Waals surface area contributed by atoms with Gasteiger partial charge < -0.3 is 19.5 Å². The third kappa shape index (κ3) is 5.31. The Morgan fingerprint density at radius 2 is 1.82 bits per heavy atom. The lowest BCUT2D eigenvalue weighted by molar-refractivity contribution is -0.127. The molecule has 1 aliphatic carbocycles. The van der Waals surface area contributed by atoms with Gasteiger partial charge in [0.25, 0.3) is 11.8 Å². The minimum absolute atomic E-state index is 0.0163. The Labute approximate surface area is 200 Å². The zero-order chi connectivity index (χ0) is 24.1. The molecule has 1 aromatic carbocycles. The van der Waals surface area contributed by atoms with Crippen LogP contribution in [0.1, 0.15) is 48.0 Å².